The van der Waals surface area contributed by atoms with Crippen molar-refractivity contribution in [1.82, 2.24) is 4.57 Å². The molecule has 0 spiro atoms. The smallest absolute Gasteiger partial charge is 0.338 e. The number of hydrogen-bond donors (Lipinski definition) is 0. The van der Waals surface area contributed by atoms with Crippen molar-refractivity contribution in [2.24, 2.45) is 4.99 Å². The first-order valence-electron chi connectivity index (χ1n) is 11.6. The molecule has 0 N–H and O–H groups in total. The number of esters is 1. The van der Waals surface area contributed by atoms with E-state index < -0.39 is 12.0 Å². The standard InChI is InChI=1S/C27H24BrN3O4S2/c1-13(2)35-26(34)20-14(3)29-27-31(22(20)15-6-9-17(36-5)10-7-15)25(33)23(37-27)21-18-12-16(28)8-11-19(18)30(4)24(21)32/h6-13,22H,1-5H3/b23-21+/t22-/m0/s1. The van der Waals surface area contributed by atoms with Gasteiger partial charge < -0.3 is 9.64 Å². The highest BCUT2D eigenvalue weighted by atomic mass is 79.9. The number of allylic oxidation sites excluding steroid dienone is 1. The van der Waals surface area contributed by atoms with Gasteiger partial charge in [0.2, 0.25) is 0 Å². The molecule has 1 aromatic heterocycles. The number of fused-ring (bicyclic) bond motifs is 2. The minimum absolute atomic E-state index is 0.255. The number of hydrogen-bond acceptors (Lipinski definition) is 7. The number of likely N-dealkylation sites (N-methyl/N-ethyl adjacent to an activating group) is 1. The number of ether oxygens (including phenoxy) is 1. The van der Waals surface area contributed by atoms with Gasteiger partial charge in [-0.25, -0.2) is 9.79 Å². The molecule has 7 nitrogen and oxygen atoms in total. The van der Waals surface area contributed by atoms with Gasteiger partial charge in [0.1, 0.15) is 4.53 Å². The van der Waals surface area contributed by atoms with E-state index in [1.54, 1.807) is 44.5 Å². The third-order valence-electron chi connectivity index (χ3n) is 6.33. The van der Waals surface area contributed by atoms with Gasteiger partial charge in [0.05, 0.1) is 34.7 Å². The summed E-state index contributed by atoms with van der Waals surface area (Å²) in [5.41, 5.74) is 2.95. The Morgan fingerprint density at radius 3 is 2.51 bits per heavy atom. The molecule has 0 fully saturated rings. The second kappa shape index (κ2) is 9.74. The van der Waals surface area contributed by atoms with Crippen LogP contribution in [0.3, 0.4) is 0 Å². The van der Waals surface area contributed by atoms with Crippen LogP contribution in [-0.2, 0) is 14.3 Å². The van der Waals surface area contributed by atoms with Crippen LogP contribution in [0, 0.1) is 0 Å². The van der Waals surface area contributed by atoms with Gasteiger partial charge in [-0.2, -0.15) is 0 Å². The first kappa shape index (κ1) is 25.7. The van der Waals surface area contributed by atoms with Crippen molar-refractivity contribution in [2.75, 3.05) is 18.2 Å². The van der Waals surface area contributed by atoms with Crippen molar-refractivity contribution in [3.05, 3.63) is 89.0 Å². The number of thioether (sulfide) groups is 1. The van der Waals surface area contributed by atoms with E-state index >= 15 is 0 Å². The lowest BCUT2D eigenvalue weighted by Crippen LogP contribution is -2.41. The second-order valence-electron chi connectivity index (χ2n) is 9.03. The number of benzene rings is 2. The summed E-state index contributed by atoms with van der Waals surface area (Å²) in [6.07, 6.45) is 1.65. The minimum Gasteiger partial charge on any atom is -0.459 e. The van der Waals surface area contributed by atoms with E-state index in [-0.39, 0.29) is 17.6 Å². The number of anilines is 1. The predicted octanol–water partition coefficient (Wildman–Crippen LogP) is 4.02. The van der Waals surface area contributed by atoms with Crippen LogP contribution in [-0.4, -0.2) is 35.9 Å². The van der Waals surface area contributed by atoms with Crippen LogP contribution in [0.15, 0.2) is 72.9 Å². The highest BCUT2D eigenvalue weighted by molar-refractivity contribution is 9.10. The number of rotatable bonds is 4. The molecule has 0 bridgehead atoms. The van der Waals surface area contributed by atoms with Crippen molar-refractivity contribution >= 4 is 62.2 Å². The van der Waals surface area contributed by atoms with Gasteiger partial charge in [0.25, 0.3) is 11.5 Å². The maximum atomic E-state index is 14.1. The Bertz CT molecular complexity index is 1670. The van der Waals surface area contributed by atoms with Crippen molar-refractivity contribution in [3.8, 4) is 0 Å². The van der Waals surface area contributed by atoms with Crippen molar-refractivity contribution < 1.29 is 14.3 Å². The lowest BCUT2D eigenvalue weighted by molar-refractivity contribution is -0.143. The highest BCUT2D eigenvalue weighted by Crippen LogP contribution is 2.36. The van der Waals surface area contributed by atoms with E-state index in [0.717, 1.165) is 20.6 Å². The molecule has 0 unspecified atom stereocenters. The fourth-order valence-corrected chi connectivity index (χ4v) is 6.53. The third kappa shape index (κ3) is 4.30. The second-order valence-corrected chi connectivity index (χ2v) is 11.8. The van der Waals surface area contributed by atoms with E-state index in [1.165, 1.54) is 15.9 Å². The molecule has 3 aromatic rings. The van der Waals surface area contributed by atoms with Gasteiger partial charge >= 0.3 is 5.97 Å². The summed E-state index contributed by atoms with van der Waals surface area (Å²) >= 11 is 6.25. The van der Waals surface area contributed by atoms with Crippen LogP contribution < -0.4 is 19.8 Å². The molecular weight excluding hydrogens is 574 g/mol. The topological polar surface area (TPSA) is 81.0 Å². The molecule has 2 aliphatic heterocycles. The fourth-order valence-electron chi connectivity index (χ4n) is 4.62. The molecule has 2 aromatic carbocycles. The summed E-state index contributed by atoms with van der Waals surface area (Å²) in [5, 5.41) is 0. The summed E-state index contributed by atoms with van der Waals surface area (Å²) in [6, 6.07) is 12.6. The number of amides is 1. The molecule has 0 saturated carbocycles. The van der Waals surface area contributed by atoms with Crippen molar-refractivity contribution in [3.63, 3.8) is 0 Å². The first-order valence-corrected chi connectivity index (χ1v) is 14.4. The summed E-state index contributed by atoms with van der Waals surface area (Å²) < 4.78 is 8.19. The van der Waals surface area contributed by atoms with Gasteiger partial charge in [-0.15, -0.1) is 11.8 Å². The molecule has 190 valence electrons. The average molecular weight is 599 g/mol. The summed E-state index contributed by atoms with van der Waals surface area (Å²) in [7, 11) is 1.69. The molecule has 10 heteroatoms. The summed E-state index contributed by atoms with van der Waals surface area (Å²) in [6.45, 7) is 5.32. The lowest BCUT2D eigenvalue weighted by atomic mass is 9.96. The van der Waals surface area contributed by atoms with Crippen LogP contribution in [0.1, 0.15) is 37.9 Å². The van der Waals surface area contributed by atoms with Crippen molar-refractivity contribution in [1.29, 1.82) is 0 Å². The number of carbonyl (C=O) groups excluding carboxylic acids is 2. The zero-order valence-electron chi connectivity index (χ0n) is 20.9. The Labute approximate surface area is 230 Å². The predicted molar refractivity (Wildman–Crippen MR) is 150 cm³/mol. The molecule has 5 rings (SSSR count). The van der Waals surface area contributed by atoms with E-state index in [4.69, 9.17) is 4.74 Å². The molecule has 0 saturated heterocycles. The monoisotopic (exact) mass is 597 g/mol. The zero-order valence-corrected chi connectivity index (χ0v) is 24.1. The summed E-state index contributed by atoms with van der Waals surface area (Å²) in [5.74, 6) is -0.770. The van der Waals surface area contributed by atoms with Gasteiger partial charge in [0.15, 0.2) is 4.80 Å². The number of nitrogens with zero attached hydrogens (tertiary/aromatic N) is 3. The van der Waals surface area contributed by atoms with Gasteiger partial charge in [-0.1, -0.05) is 39.4 Å². The molecule has 2 aliphatic rings. The minimum atomic E-state index is -0.732. The molecule has 3 heterocycles. The van der Waals surface area contributed by atoms with E-state index in [1.807, 2.05) is 48.7 Å². The van der Waals surface area contributed by atoms with Gasteiger partial charge in [0, 0.05) is 22.0 Å². The first-order chi connectivity index (χ1) is 17.6. The van der Waals surface area contributed by atoms with Crippen LogP contribution in [0.4, 0.5) is 5.69 Å². The Hall–Kier alpha value is -2.95. The van der Waals surface area contributed by atoms with Crippen LogP contribution in [0.2, 0.25) is 0 Å². The number of thiazole rings is 1. The number of halogens is 1. The SMILES string of the molecule is CSc1ccc([C@H]2C(C(=O)OC(C)C)=C(C)N=c3s/c(=C4/C(=O)N(C)c5ccc(Br)cc54)c(=O)n32)cc1. The normalized spacial score (nSPS) is 18.2. The Morgan fingerprint density at radius 1 is 1.16 bits per heavy atom. The lowest BCUT2D eigenvalue weighted by Gasteiger charge is -2.25. The molecule has 1 atom stereocenters. The van der Waals surface area contributed by atoms with Crippen LogP contribution >= 0.6 is 39.0 Å². The molecule has 0 aliphatic carbocycles. The number of aromatic nitrogens is 1. The van der Waals surface area contributed by atoms with Crippen molar-refractivity contribution in [2.45, 2.75) is 37.8 Å². The van der Waals surface area contributed by atoms with Gasteiger partial charge in [-0.3, -0.25) is 14.2 Å². The third-order valence-corrected chi connectivity index (χ3v) is 8.62. The molecule has 1 amide bonds. The molecular formula is C27H24BrN3O4S2. The van der Waals surface area contributed by atoms with E-state index in [0.29, 0.717) is 31.7 Å². The maximum Gasteiger partial charge on any atom is 0.338 e. The number of carbonyl (C=O) groups is 2. The summed E-state index contributed by atoms with van der Waals surface area (Å²) in [4.78, 5) is 48.4. The Kier molecular flexibility index (Phi) is 6.76. The zero-order chi connectivity index (χ0) is 26.6. The maximum absolute atomic E-state index is 14.1. The molecule has 0 radical (unpaired) electrons. The van der Waals surface area contributed by atoms with E-state index in [2.05, 4.69) is 20.9 Å². The molecule has 37 heavy (non-hydrogen) atoms. The average Bonchev–Trinajstić information content (AvgIpc) is 3.29. The highest BCUT2D eigenvalue weighted by Gasteiger charge is 2.36. The Balaban J connectivity index is 1.81. The Morgan fingerprint density at radius 2 is 1.86 bits per heavy atom. The van der Waals surface area contributed by atoms with Crippen LogP contribution in [0.25, 0.3) is 5.57 Å². The fraction of sp³-hybridized carbons (Fsp3) is 0.259. The van der Waals surface area contributed by atoms with Gasteiger partial charge in [-0.05, 0) is 62.9 Å². The largest absolute Gasteiger partial charge is 0.459 e. The van der Waals surface area contributed by atoms with Crippen LogP contribution in [0.5, 0.6) is 0 Å². The quantitative estimate of drug-likeness (QED) is 0.335. The van der Waals surface area contributed by atoms with E-state index in [9.17, 15) is 14.4 Å².